The molecule has 0 bridgehead atoms. The van der Waals surface area contributed by atoms with E-state index in [2.05, 4.69) is 71.0 Å². The summed E-state index contributed by atoms with van der Waals surface area (Å²) in [5.74, 6) is 0.482. The lowest BCUT2D eigenvalue weighted by Crippen LogP contribution is -2.20. The summed E-state index contributed by atoms with van der Waals surface area (Å²) in [5, 5.41) is 11.1. The Morgan fingerprint density at radius 2 is 1.84 bits per heavy atom. The van der Waals surface area contributed by atoms with Crippen molar-refractivity contribution in [2.24, 2.45) is 0 Å². The van der Waals surface area contributed by atoms with Crippen molar-refractivity contribution in [1.82, 2.24) is 14.8 Å². The van der Waals surface area contributed by atoms with Crippen LogP contribution >= 0.6 is 12.2 Å². The van der Waals surface area contributed by atoms with Gasteiger partial charge in [-0.2, -0.15) is 0 Å². The summed E-state index contributed by atoms with van der Waals surface area (Å²) in [4.78, 5) is 4.27. The maximum Gasteiger partial charge on any atom is 0.248 e. The van der Waals surface area contributed by atoms with E-state index in [1.807, 2.05) is 13.0 Å². The summed E-state index contributed by atoms with van der Waals surface area (Å²) in [6, 6.07) is 14.5. The molecule has 0 fully saturated rings. The third kappa shape index (κ3) is 4.64. The predicted molar refractivity (Wildman–Crippen MR) is 106 cm³/mol. The molecule has 0 aliphatic carbocycles. The zero-order chi connectivity index (χ0) is 17.8. The van der Waals surface area contributed by atoms with E-state index in [0.717, 1.165) is 11.3 Å². The average Bonchev–Trinajstić information content (AvgIpc) is 2.97. The normalized spacial score (nSPS) is 10.5. The molecule has 6 heteroatoms. The smallest absolute Gasteiger partial charge is 0.248 e. The Balaban J connectivity index is 1.62. The highest BCUT2D eigenvalue weighted by Crippen LogP contribution is 2.16. The molecule has 0 atom stereocenters. The van der Waals surface area contributed by atoms with Crippen molar-refractivity contribution in [3.05, 3.63) is 71.0 Å². The molecule has 1 aromatic heterocycles. The number of hydrogen-bond acceptors (Lipinski definition) is 3. The van der Waals surface area contributed by atoms with Crippen LogP contribution in [0.5, 0.6) is 0 Å². The number of hydrogen-bond donors (Lipinski definition) is 2. The van der Waals surface area contributed by atoms with Gasteiger partial charge in [0.25, 0.3) is 0 Å². The third-order valence-corrected chi connectivity index (χ3v) is 4.03. The number of nitrogens with one attached hydrogen (secondary N) is 2. The van der Waals surface area contributed by atoms with Crippen LogP contribution in [-0.2, 0) is 6.54 Å². The molecule has 0 spiro atoms. The topological polar surface area (TPSA) is 54.8 Å². The molecular weight excluding hydrogens is 330 g/mol. The highest BCUT2D eigenvalue weighted by atomic mass is 32.1. The lowest BCUT2D eigenvalue weighted by Gasteiger charge is -2.11. The van der Waals surface area contributed by atoms with Gasteiger partial charge < -0.3 is 5.32 Å². The quantitative estimate of drug-likeness (QED) is 0.694. The van der Waals surface area contributed by atoms with Gasteiger partial charge in [0.2, 0.25) is 5.95 Å². The Hall–Kier alpha value is -2.73. The molecule has 1 heterocycles. The van der Waals surface area contributed by atoms with Crippen LogP contribution in [0.3, 0.4) is 0 Å². The van der Waals surface area contributed by atoms with E-state index in [-0.39, 0.29) is 0 Å². The van der Waals surface area contributed by atoms with Crippen molar-refractivity contribution in [3.63, 3.8) is 0 Å². The lowest BCUT2D eigenvalue weighted by molar-refractivity contribution is 0.687. The van der Waals surface area contributed by atoms with Gasteiger partial charge in [-0.15, -0.1) is 5.10 Å². The van der Waals surface area contributed by atoms with E-state index in [0.29, 0.717) is 17.6 Å². The molecule has 2 N–H and O–H groups in total. The average molecular weight is 351 g/mol. The maximum atomic E-state index is 5.37. The number of aromatic nitrogens is 3. The van der Waals surface area contributed by atoms with E-state index in [1.165, 1.54) is 16.7 Å². The van der Waals surface area contributed by atoms with Gasteiger partial charge in [0.05, 0.1) is 6.54 Å². The minimum atomic E-state index is 0.474. The van der Waals surface area contributed by atoms with E-state index in [9.17, 15) is 0 Å². The molecule has 0 saturated heterocycles. The number of nitrogens with zero attached hydrogens (tertiary/aromatic N) is 3. The number of aryl methyl sites for hydroxylation is 3. The van der Waals surface area contributed by atoms with E-state index < -0.39 is 0 Å². The van der Waals surface area contributed by atoms with Crippen LogP contribution in [0.1, 0.15) is 22.3 Å². The van der Waals surface area contributed by atoms with Crippen LogP contribution in [0.25, 0.3) is 0 Å². The Kier molecular flexibility index (Phi) is 5.09. The molecule has 0 aliphatic rings. The summed E-state index contributed by atoms with van der Waals surface area (Å²) in [7, 11) is 0. The van der Waals surface area contributed by atoms with Gasteiger partial charge in [-0.25, -0.2) is 9.67 Å². The van der Waals surface area contributed by atoms with Crippen molar-refractivity contribution in [2.45, 2.75) is 27.3 Å². The van der Waals surface area contributed by atoms with E-state index in [1.54, 1.807) is 11.0 Å². The Morgan fingerprint density at radius 1 is 1.04 bits per heavy atom. The summed E-state index contributed by atoms with van der Waals surface area (Å²) < 4.78 is 1.79. The Morgan fingerprint density at radius 3 is 2.64 bits per heavy atom. The first-order valence-electron chi connectivity index (χ1n) is 8.10. The van der Waals surface area contributed by atoms with Crippen molar-refractivity contribution in [1.29, 1.82) is 0 Å². The van der Waals surface area contributed by atoms with Crippen LogP contribution in [-0.4, -0.2) is 19.9 Å². The first kappa shape index (κ1) is 17.1. The number of thiocarbonyl (C=S) groups is 1. The standard InChI is InChI=1S/C19H21N5S/c1-13-5-4-6-16(9-13)11-24-12-20-18(23-24)22-19(25)21-17-10-14(2)7-8-15(17)3/h4-10,12H,11H2,1-3H3,(H2,21,22,23,25). The molecule has 0 radical (unpaired) electrons. The van der Waals surface area contributed by atoms with Crippen LogP contribution < -0.4 is 10.6 Å². The first-order chi connectivity index (χ1) is 12.0. The van der Waals surface area contributed by atoms with Gasteiger partial charge in [-0.1, -0.05) is 42.0 Å². The number of rotatable bonds is 4. The minimum Gasteiger partial charge on any atom is -0.332 e. The second kappa shape index (κ2) is 7.44. The molecule has 0 saturated carbocycles. The van der Waals surface area contributed by atoms with Crippen LogP contribution in [0, 0.1) is 20.8 Å². The van der Waals surface area contributed by atoms with Gasteiger partial charge in [0, 0.05) is 5.69 Å². The molecule has 2 aromatic carbocycles. The van der Waals surface area contributed by atoms with Gasteiger partial charge in [0.1, 0.15) is 6.33 Å². The zero-order valence-electron chi connectivity index (χ0n) is 14.6. The van der Waals surface area contributed by atoms with Crippen molar-refractivity contribution in [3.8, 4) is 0 Å². The fourth-order valence-electron chi connectivity index (χ4n) is 2.55. The second-order valence-corrected chi connectivity index (χ2v) is 6.56. The van der Waals surface area contributed by atoms with Crippen molar-refractivity contribution >= 4 is 29.0 Å². The molecule has 3 rings (SSSR count). The van der Waals surface area contributed by atoms with Crippen LogP contribution in [0.15, 0.2) is 48.8 Å². The third-order valence-electron chi connectivity index (χ3n) is 3.83. The van der Waals surface area contributed by atoms with Crippen LogP contribution in [0.2, 0.25) is 0 Å². The fourth-order valence-corrected chi connectivity index (χ4v) is 2.75. The first-order valence-corrected chi connectivity index (χ1v) is 8.51. The molecule has 0 unspecified atom stereocenters. The largest absolute Gasteiger partial charge is 0.332 e. The molecular formula is C19H21N5S. The Bertz CT molecular complexity index is 900. The molecule has 0 amide bonds. The summed E-state index contributed by atoms with van der Waals surface area (Å²) >= 11 is 5.37. The summed E-state index contributed by atoms with van der Waals surface area (Å²) in [6.07, 6.45) is 1.70. The molecule has 3 aromatic rings. The van der Waals surface area contributed by atoms with Crippen LogP contribution in [0.4, 0.5) is 11.6 Å². The highest BCUT2D eigenvalue weighted by molar-refractivity contribution is 7.80. The van der Waals surface area contributed by atoms with Gasteiger partial charge in [-0.05, 0) is 55.7 Å². The molecule has 128 valence electrons. The lowest BCUT2D eigenvalue weighted by atomic mass is 10.1. The highest BCUT2D eigenvalue weighted by Gasteiger charge is 2.06. The fraction of sp³-hybridized carbons (Fsp3) is 0.211. The van der Waals surface area contributed by atoms with E-state index in [4.69, 9.17) is 12.2 Å². The van der Waals surface area contributed by atoms with Gasteiger partial charge in [-0.3, -0.25) is 5.32 Å². The summed E-state index contributed by atoms with van der Waals surface area (Å²) in [5.41, 5.74) is 5.71. The predicted octanol–water partition coefficient (Wildman–Crippen LogP) is 4.06. The Labute approximate surface area is 153 Å². The van der Waals surface area contributed by atoms with Crippen molar-refractivity contribution < 1.29 is 0 Å². The minimum absolute atomic E-state index is 0.474. The monoisotopic (exact) mass is 351 g/mol. The molecule has 25 heavy (non-hydrogen) atoms. The maximum absolute atomic E-state index is 5.37. The molecule has 5 nitrogen and oxygen atoms in total. The van der Waals surface area contributed by atoms with Gasteiger partial charge in [0.15, 0.2) is 5.11 Å². The molecule has 0 aliphatic heterocycles. The van der Waals surface area contributed by atoms with Crippen molar-refractivity contribution in [2.75, 3.05) is 10.6 Å². The van der Waals surface area contributed by atoms with Gasteiger partial charge >= 0.3 is 0 Å². The number of anilines is 2. The van der Waals surface area contributed by atoms with E-state index >= 15 is 0 Å². The summed E-state index contributed by atoms with van der Waals surface area (Å²) in [6.45, 7) is 6.84. The number of benzene rings is 2. The zero-order valence-corrected chi connectivity index (χ0v) is 15.4. The second-order valence-electron chi connectivity index (χ2n) is 6.15. The SMILES string of the molecule is Cc1cccc(Cn2cnc(NC(=S)Nc3cc(C)ccc3C)n2)c1.